The zero-order valence-electron chi connectivity index (χ0n) is 16.7. The van der Waals surface area contributed by atoms with Crippen LogP contribution in [0, 0.1) is 5.92 Å². The normalized spacial score (nSPS) is 22.2. The van der Waals surface area contributed by atoms with Gasteiger partial charge in [0.15, 0.2) is 5.96 Å². The van der Waals surface area contributed by atoms with Crippen LogP contribution in [0.1, 0.15) is 26.2 Å². The Hall–Kier alpha value is -1.03. The molecule has 2 aliphatic rings. The summed E-state index contributed by atoms with van der Waals surface area (Å²) >= 11 is 3.50. The molecule has 0 aromatic heterocycles. The number of nitrogens with one attached hydrogen (secondary N) is 2. The van der Waals surface area contributed by atoms with E-state index >= 15 is 0 Å². The summed E-state index contributed by atoms with van der Waals surface area (Å²) in [5.41, 5.74) is 1.29. The van der Waals surface area contributed by atoms with Crippen LogP contribution in [-0.4, -0.2) is 62.6 Å². The number of carbonyl (C=O) groups excluding carboxylic acids is 1. The average Bonchev–Trinajstić information content (AvgIpc) is 3.34. The maximum atomic E-state index is 11.8. The summed E-state index contributed by atoms with van der Waals surface area (Å²) in [5, 5.41) is 6.95. The van der Waals surface area contributed by atoms with Gasteiger partial charge in [-0.25, -0.2) is 0 Å². The third-order valence-electron chi connectivity index (χ3n) is 5.44. The quantitative estimate of drug-likeness (QED) is 0.328. The summed E-state index contributed by atoms with van der Waals surface area (Å²) in [6, 6.07) is 8.82. The summed E-state index contributed by atoms with van der Waals surface area (Å²) in [6.07, 6.45) is 2.74. The van der Waals surface area contributed by atoms with Crippen molar-refractivity contribution in [1.29, 1.82) is 0 Å². The van der Waals surface area contributed by atoms with Gasteiger partial charge in [0.1, 0.15) is 0 Å². The summed E-state index contributed by atoms with van der Waals surface area (Å²) in [5.74, 6) is 1.68. The fourth-order valence-corrected chi connectivity index (χ4v) is 4.11. The van der Waals surface area contributed by atoms with Crippen LogP contribution in [0.3, 0.4) is 0 Å². The van der Waals surface area contributed by atoms with E-state index in [4.69, 9.17) is 0 Å². The number of carbonyl (C=O) groups is 1. The summed E-state index contributed by atoms with van der Waals surface area (Å²) in [6.45, 7) is 6.60. The van der Waals surface area contributed by atoms with Crippen molar-refractivity contribution in [2.75, 3.05) is 44.7 Å². The molecule has 8 heteroatoms. The van der Waals surface area contributed by atoms with E-state index in [1.54, 1.807) is 0 Å². The van der Waals surface area contributed by atoms with Gasteiger partial charge in [0.2, 0.25) is 5.91 Å². The van der Waals surface area contributed by atoms with Crippen molar-refractivity contribution in [1.82, 2.24) is 15.5 Å². The Bertz CT molecular complexity index is 669. The molecule has 2 saturated heterocycles. The number of hydrogen-bond acceptors (Lipinski definition) is 3. The van der Waals surface area contributed by atoms with Gasteiger partial charge in [-0.15, -0.1) is 24.0 Å². The van der Waals surface area contributed by atoms with Crippen molar-refractivity contribution in [3.63, 3.8) is 0 Å². The van der Waals surface area contributed by atoms with E-state index in [9.17, 15) is 4.79 Å². The number of nitrogens with zero attached hydrogens (tertiary/aromatic N) is 3. The number of guanidine groups is 1. The number of likely N-dealkylation sites (tertiary alicyclic amines) is 1. The van der Waals surface area contributed by atoms with E-state index in [2.05, 4.69) is 60.7 Å². The van der Waals surface area contributed by atoms with Crippen molar-refractivity contribution in [2.45, 2.75) is 32.2 Å². The lowest BCUT2D eigenvalue weighted by atomic mass is 10.1. The van der Waals surface area contributed by atoms with E-state index < -0.39 is 0 Å². The largest absolute Gasteiger partial charge is 0.371 e. The SMILES string of the molecule is CCC(=O)N1CCC(NC(=NC)NCC2CCN(c3ccc(Br)cc3)C2)C1.I. The summed E-state index contributed by atoms with van der Waals surface area (Å²) < 4.78 is 1.12. The van der Waals surface area contributed by atoms with Gasteiger partial charge >= 0.3 is 0 Å². The minimum Gasteiger partial charge on any atom is -0.371 e. The molecule has 6 nitrogen and oxygen atoms in total. The van der Waals surface area contributed by atoms with Crippen LogP contribution < -0.4 is 15.5 Å². The molecule has 1 aromatic carbocycles. The Labute approximate surface area is 193 Å². The third kappa shape index (κ3) is 6.23. The maximum Gasteiger partial charge on any atom is 0.222 e. The Balaban J connectivity index is 0.00000280. The number of rotatable bonds is 5. The molecule has 0 bridgehead atoms. The van der Waals surface area contributed by atoms with Crippen LogP contribution in [0.25, 0.3) is 0 Å². The number of anilines is 1. The van der Waals surface area contributed by atoms with E-state index in [1.807, 2.05) is 18.9 Å². The van der Waals surface area contributed by atoms with Crippen molar-refractivity contribution in [2.24, 2.45) is 10.9 Å². The van der Waals surface area contributed by atoms with Crippen molar-refractivity contribution >= 4 is 57.5 Å². The highest BCUT2D eigenvalue weighted by Crippen LogP contribution is 2.25. The van der Waals surface area contributed by atoms with Gasteiger partial charge in [-0.2, -0.15) is 0 Å². The number of hydrogen-bond donors (Lipinski definition) is 2. The zero-order chi connectivity index (χ0) is 19.2. The first-order valence-electron chi connectivity index (χ1n) is 9.84. The van der Waals surface area contributed by atoms with E-state index in [0.29, 0.717) is 12.3 Å². The molecule has 2 unspecified atom stereocenters. The highest BCUT2D eigenvalue weighted by atomic mass is 127. The first kappa shape index (κ1) is 23.3. The molecule has 2 aliphatic heterocycles. The van der Waals surface area contributed by atoms with E-state index in [1.165, 1.54) is 12.1 Å². The average molecular weight is 564 g/mol. The molecule has 2 atom stereocenters. The molecular weight excluding hydrogens is 533 g/mol. The minimum atomic E-state index is 0. The van der Waals surface area contributed by atoms with E-state index in [-0.39, 0.29) is 35.9 Å². The second kappa shape index (κ2) is 11.2. The summed E-state index contributed by atoms with van der Waals surface area (Å²) in [4.78, 5) is 20.6. The molecule has 0 aliphatic carbocycles. The van der Waals surface area contributed by atoms with Crippen LogP contribution in [0.4, 0.5) is 5.69 Å². The van der Waals surface area contributed by atoms with Crippen LogP contribution in [-0.2, 0) is 4.79 Å². The topological polar surface area (TPSA) is 60.0 Å². The number of aliphatic imine (C=N–C) groups is 1. The Morgan fingerprint density at radius 3 is 2.64 bits per heavy atom. The maximum absolute atomic E-state index is 11.8. The molecule has 28 heavy (non-hydrogen) atoms. The van der Waals surface area contributed by atoms with Crippen LogP contribution >= 0.6 is 39.9 Å². The lowest BCUT2D eigenvalue weighted by Gasteiger charge is -2.21. The fourth-order valence-electron chi connectivity index (χ4n) is 3.84. The van der Waals surface area contributed by atoms with E-state index in [0.717, 1.165) is 49.6 Å². The van der Waals surface area contributed by atoms with Crippen molar-refractivity contribution < 1.29 is 4.79 Å². The lowest BCUT2D eigenvalue weighted by molar-refractivity contribution is -0.129. The number of halogens is 2. The van der Waals surface area contributed by atoms with Gasteiger partial charge in [-0.1, -0.05) is 22.9 Å². The molecule has 1 aromatic rings. The van der Waals surface area contributed by atoms with Crippen molar-refractivity contribution in [3.8, 4) is 0 Å². The molecule has 3 rings (SSSR count). The molecule has 0 spiro atoms. The number of benzene rings is 1. The first-order valence-corrected chi connectivity index (χ1v) is 10.6. The highest BCUT2D eigenvalue weighted by molar-refractivity contribution is 14.0. The Morgan fingerprint density at radius 2 is 1.96 bits per heavy atom. The van der Waals surface area contributed by atoms with Gasteiger partial charge in [0.25, 0.3) is 0 Å². The molecule has 156 valence electrons. The molecule has 0 saturated carbocycles. The molecule has 2 fully saturated rings. The Kier molecular flexibility index (Phi) is 9.33. The van der Waals surface area contributed by atoms with Gasteiger partial charge in [0.05, 0.1) is 0 Å². The second-order valence-electron chi connectivity index (χ2n) is 7.35. The summed E-state index contributed by atoms with van der Waals surface area (Å²) in [7, 11) is 1.81. The molecule has 2 N–H and O–H groups in total. The molecular formula is C20H31BrIN5O. The predicted molar refractivity (Wildman–Crippen MR) is 130 cm³/mol. The molecule has 0 radical (unpaired) electrons. The minimum absolute atomic E-state index is 0. The Morgan fingerprint density at radius 1 is 1.21 bits per heavy atom. The fraction of sp³-hybridized carbons (Fsp3) is 0.600. The standard InChI is InChI=1S/C20H30BrN5O.HI/c1-3-19(27)26-11-9-17(14-26)24-20(22-2)23-12-15-8-10-25(13-15)18-6-4-16(21)5-7-18;/h4-7,15,17H,3,8-14H2,1-2H3,(H2,22,23,24);1H. The molecule has 1 amide bonds. The van der Waals surface area contributed by atoms with Crippen molar-refractivity contribution in [3.05, 3.63) is 28.7 Å². The predicted octanol–water partition coefficient (Wildman–Crippen LogP) is 3.07. The molecule has 2 heterocycles. The zero-order valence-corrected chi connectivity index (χ0v) is 20.6. The lowest BCUT2D eigenvalue weighted by Crippen LogP contribution is -2.46. The van der Waals surface area contributed by atoms with Gasteiger partial charge in [0, 0.05) is 62.4 Å². The van der Waals surface area contributed by atoms with Gasteiger partial charge < -0.3 is 20.4 Å². The van der Waals surface area contributed by atoms with Crippen LogP contribution in [0.2, 0.25) is 0 Å². The van der Waals surface area contributed by atoms with Crippen LogP contribution in [0.15, 0.2) is 33.7 Å². The van der Waals surface area contributed by atoms with Crippen LogP contribution in [0.5, 0.6) is 0 Å². The first-order chi connectivity index (χ1) is 13.1. The van der Waals surface area contributed by atoms with Gasteiger partial charge in [-0.05, 0) is 43.0 Å². The third-order valence-corrected chi connectivity index (χ3v) is 5.97. The van der Waals surface area contributed by atoms with Gasteiger partial charge in [-0.3, -0.25) is 9.79 Å². The second-order valence-corrected chi connectivity index (χ2v) is 8.27. The number of amides is 1. The monoisotopic (exact) mass is 563 g/mol. The highest BCUT2D eigenvalue weighted by Gasteiger charge is 2.27. The smallest absolute Gasteiger partial charge is 0.222 e.